The van der Waals surface area contributed by atoms with Gasteiger partial charge >= 0.3 is 0 Å². The number of rotatable bonds is 7. The predicted octanol–water partition coefficient (Wildman–Crippen LogP) is 3.80. The number of aliphatic hydroxyl groups is 1. The molecule has 1 unspecified atom stereocenters. The molecule has 2 aromatic rings. The first-order valence-electron chi connectivity index (χ1n) is 6.13. The second kappa shape index (κ2) is 8.14. The van der Waals surface area contributed by atoms with Crippen molar-refractivity contribution in [3.05, 3.63) is 49.5 Å². The van der Waals surface area contributed by atoms with E-state index in [-0.39, 0.29) is 6.61 Å². The van der Waals surface area contributed by atoms with Gasteiger partial charge in [0.1, 0.15) is 18.5 Å². The van der Waals surface area contributed by atoms with Crippen molar-refractivity contribution < 1.29 is 9.84 Å². The van der Waals surface area contributed by atoms with Crippen molar-refractivity contribution in [3.63, 3.8) is 0 Å². The van der Waals surface area contributed by atoms with Crippen molar-refractivity contribution in [3.8, 4) is 5.75 Å². The Balaban J connectivity index is 1.65. The lowest BCUT2D eigenvalue weighted by Gasteiger charge is -2.13. The number of nitrogens with one attached hydrogen (secondary N) is 1. The van der Waals surface area contributed by atoms with Gasteiger partial charge in [0.05, 0.1) is 0 Å². The van der Waals surface area contributed by atoms with Crippen molar-refractivity contribution in [1.29, 1.82) is 0 Å². The number of halogens is 2. The predicted molar refractivity (Wildman–Crippen MR) is 89.4 cm³/mol. The summed E-state index contributed by atoms with van der Waals surface area (Å²) in [6.45, 7) is 1.54. The minimum Gasteiger partial charge on any atom is -0.491 e. The van der Waals surface area contributed by atoms with Crippen molar-refractivity contribution in [2.45, 2.75) is 12.6 Å². The smallest absolute Gasteiger partial charge is 0.119 e. The van der Waals surface area contributed by atoms with E-state index in [1.54, 1.807) is 11.3 Å². The largest absolute Gasteiger partial charge is 0.491 e. The third kappa shape index (κ3) is 5.54. The van der Waals surface area contributed by atoms with Gasteiger partial charge in [-0.05, 0) is 46.3 Å². The zero-order valence-electron chi connectivity index (χ0n) is 10.7. The van der Waals surface area contributed by atoms with Gasteiger partial charge in [0.2, 0.25) is 0 Å². The van der Waals surface area contributed by atoms with Crippen LogP contribution in [0, 0.1) is 0 Å². The molecule has 108 valence electrons. The minimum atomic E-state index is -0.526. The minimum absolute atomic E-state index is 0.281. The van der Waals surface area contributed by atoms with Crippen LogP contribution in [0.5, 0.6) is 5.75 Å². The third-order valence-corrected chi connectivity index (χ3v) is 4.78. The fourth-order valence-corrected chi connectivity index (χ4v) is 3.28. The maximum absolute atomic E-state index is 9.85. The lowest BCUT2D eigenvalue weighted by atomic mass is 10.3. The second-order valence-corrected chi connectivity index (χ2v) is 7.11. The van der Waals surface area contributed by atoms with Crippen LogP contribution >= 0.6 is 43.2 Å². The van der Waals surface area contributed by atoms with Crippen LogP contribution in [0.1, 0.15) is 4.88 Å². The van der Waals surface area contributed by atoms with Crippen LogP contribution in [0.3, 0.4) is 0 Å². The first-order valence-corrected chi connectivity index (χ1v) is 8.60. The van der Waals surface area contributed by atoms with Crippen LogP contribution in [-0.4, -0.2) is 24.4 Å². The molecule has 3 nitrogen and oxygen atoms in total. The summed E-state index contributed by atoms with van der Waals surface area (Å²) < 4.78 is 7.62. The molecular weight excluding hydrogens is 406 g/mol. The maximum atomic E-state index is 9.85. The lowest BCUT2D eigenvalue weighted by molar-refractivity contribution is 0.106. The Morgan fingerprint density at radius 2 is 1.95 bits per heavy atom. The molecule has 1 heterocycles. The van der Waals surface area contributed by atoms with E-state index in [2.05, 4.69) is 43.2 Å². The van der Waals surface area contributed by atoms with E-state index in [4.69, 9.17) is 4.74 Å². The molecule has 0 bridgehead atoms. The Kier molecular flexibility index (Phi) is 6.51. The number of hydrogen-bond donors (Lipinski definition) is 2. The second-order valence-electron chi connectivity index (χ2n) is 4.28. The summed E-state index contributed by atoms with van der Waals surface area (Å²) in [7, 11) is 0. The number of thiophene rings is 1. The summed E-state index contributed by atoms with van der Waals surface area (Å²) in [5.41, 5.74) is 0. The van der Waals surface area contributed by atoms with E-state index >= 15 is 0 Å². The Morgan fingerprint density at radius 1 is 1.20 bits per heavy atom. The molecule has 6 heteroatoms. The molecule has 2 N–H and O–H groups in total. The van der Waals surface area contributed by atoms with Crippen LogP contribution in [0.4, 0.5) is 0 Å². The molecule has 1 atom stereocenters. The van der Waals surface area contributed by atoms with Crippen LogP contribution < -0.4 is 10.1 Å². The number of benzene rings is 1. The molecular formula is C14H15Br2NO2S. The zero-order valence-corrected chi connectivity index (χ0v) is 14.7. The molecule has 1 aromatic heterocycles. The van der Waals surface area contributed by atoms with Gasteiger partial charge in [-0.25, -0.2) is 0 Å². The van der Waals surface area contributed by atoms with Gasteiger partial charge in [-0.3, -0.25) is 0 Å². The summed E-state index contributed by atoms with van der Waals surface area (Å²) in [5, 5.41) is 15.1. The standard InChI is InChI=1S/C14H15Br2NO2S/c15-10-1-3-13(4-2-10)19-8-12(18)6-17-7-14-5-11(16)9-20-14/h1-5,9,12,17-18H,6-8H2. The summed E-state index contributed by atoms with van der Waals surface area (Å²) in [6, 6.07) is 9.63. The maximum Gasteiger partial charge on any atom is 0.119 e. The third-order valence-electron chi connectivity index (χ3n) is 2.56. The Hall–Kier alpha value is -0.400. The molecule has 0 amide bonds. The summed E-state index contributed by atoms with van der Waals surface area (Å²) in [6.07, 6.45) is -0.526. The van der Waals surface area contributed by atoms with Crippen LogP contribution in [0.25, 0.3) is 0 Å². The van der Waals surface area contributed by atoms with E-state index in [0.717, 1.165) is 21.2 Å². The molecule has 2 rings (SSSR count). The highest BCUT2D eigenvalue weighted by Crippen LogP contribution is 2.19. The van der Waals surface area contributed by atoms with E-state index in [9.17, 15) is 5.11 Å². The zero-order chi connectivity index (χ0) is 14.4. The first kappa shape index (κ1) is 16.0. The van der Waals surface area contributed by atoms with E-state index in [0.29, 0.717) is 6.54 Å². The van der Waals surface area contributed by atoms with Crippen LogP contribution in [0.2, 0.25) is 0 Å². The molecule has 0 fully saturated rings. The Morgan fingerprint density at radius 3 is 2.60 bits per heavy atom. The molecule has 0 radical (unpaired) electrons. The van der Waals surface area contributed by atoms with Gasteiger partial charge in [-0.2, -0.15) is 0 Å². The van der Waals surface area contributed by atoms with E-state index in [1.165, 1.54) is 4.88 Å². The molecule has 0 spiro atoms. The first-order chi connectivity index (χ1) is 9.63. The average Bonchev–Trinajstić information content (AvgIpc) is 2.84. The lowest BCUT2D eigenvalue weighted by Crippen LogP contribution is -2.30. The molecule has 0 aliphatic rings. The highest BCUT2D eigenvalue weighted by Gasteiger charge is 2.05. The van der Waals surface area contributed by atoms with E-state index in [1.807, 2.05) is 29.6 Å². The monoisotopic (exact) mass is 419 g/mol. The molecule has 0 saturated heterocycles. The molecule has 20 heavy (non-hydrogen) atoms. The van der Waals surface area contributed by atoms with Crippen molar-refractivity contribution >= 4 is 43.2 Å². The van der Waals surface area contributed by atoms with Gasteiger partial charge in [0.25, 0.3) is 0 Å². The highest BCUT2D eigenvalue weighted by molar-refractivity contribution is 9.10. The van der Waals surface area contributed by atoms with E-state index < -0.39 is 6.10 Å². The van der Waals surface area contributed by atoms with Crippen molar-refractivity contribution in [2.75, 3.05) is 13.2 Å². The fraction of sp³-hybridized carbons (Fsp3) is 0.286. The molecule has 0 aliphatic heterocycles. The molecule has 0 aliphatic carbocycles. The number of ether oxygens (including phenoxy) is 1. The van der Waals surface area contributed by atoms with Crippen LogP contribution in [0.15, 0.2) is 44.7 Å². The van der Waals surface area contributed by atoms with Gasteiger partial charge in [0, 0.05) is 32.3 Å². The number of hydrogen-bond acceptors (Lipinski definition) is 4. The van der Waals surface area contributed by atoms with Crippen molar-refractivity contribution in [2.24, 2.45) is 0 Å². The Bertz CT molecular complexity index is 530. The summed E-state index contributed by atoms with van der Waals surface area (Å²) >= 11 is 8.47. The van der Waals surface area contributed by atoms with Crippen molar-refractivity contribution in [1.82, 2.24) is 5.32 Å². The molecule has 0 saturated carbocycles. The summed E-state index contributed by atoms with van der Waals surface area (Å²) in [5.74, 6) is 0.759. The van der Waals surface area contributed by atoms with Gasteiger partial charge < -0.3 is 15.2 Å². The average molecular weight is 421 g/mol. The molecule has 1 aromatic carbocycles. The van der Waals surface area contributed by atoms with Gasteiger partial charge in [-0.1, -0.05) is 15.9 Å². The van der Waals surface area contributed by atoms with Gasteiger partial charge in [0.15, 0.2) is 0 Å². The van der Waals surface area contributed by atoms with Crippen LogP contribution in [-0.2, 0) is 6.54 Å². The highest BCUT2D eigenvalue weighted by atomic mass is 79.9. The SMILES string of the molecule is OC(CNCc1cc(Br)cs1)COc1ccc(Br)cc1. The fourth-order valence-electron chi connectivity index (χ4n) is 1.59. The summed E-state index contributed by atoms with van der Waals surface area (Å²) in [4.78, 5) is 1.23. The number of aliphatic hydroxyl groups excluding tert-OH is 1. The normalized spacial score (nSPS) is 12.3. The quantitative estimate of drug-likeness (QED) is 0.715. The van der Waals surface area contributed by atoms with Gasteiger partial charge in [-0.15, -0.1) is 11.3 Å². The topological polar surface area (TPSA) is 41.5 Å². The Labute approximate surface area is 139 Å².